The number of methoxy groups -OCH3 is 1. The van der Waals surface area contributed by atoms with Crippen LogP contribution in [0.25, 0.3) is 0 Å². The fraction of sp³-hybridized carbons (Fsp3) is 0.688. The largest absolute Gasteiger partial charge is 0.466 e. The van der Waals surface area contributed by atoms with Gasteiger partial charge in [0, 0.05) is 5.57 Å². The van der Waals surface area contributed by atoms with Gasteiger partial charge in [-0.1, -0.05) is 24.6 Å². The molecule has 0 spiro atoms. The number of fused-ring (bicyclic) bond motifs is 1. The van der Waals surface area contributed by atoms with Gasteiger partial charge in [-0.05, 0) is 56.8 Å². The topological polar surface area (TPSA) is 26.3 Å². The SMILES string of the molecule is C=C(C)C1CCC2(C)CCCC(C(=O)OC)=C2C1. The Morgan fingerprint density at radius 3 is 2.78 bits per heavy atom. The van der Waals surface area contributed by atoms with Crippen molar-refractivity contribution in [2.24, 2.45) is 11.3 Å². The van der Waals surface area contributed by atoms with E-state index >= 15 is 0 Å². The van der Waals surface area contributed by atoms with Gasteiger partial charge < -0.3 is 4.74 Å². The zero-order valence-electron chi connectivity index (χ0n) is 11.8. The Labute approximate surface area is 110 Å². The zero-order valence-corrected chi connectivity index (χ0v) is 11.8. The molecule has 1 saturated carbocycles. The lowest BCUT2D eigenvalue weighted by Crippen LogP contribution is -2.33. The van der Waals surface area contributed by atoms with Gasteiger partial charge in [0.05, 0.1) is 7.11 Å². The molecular formula is C16H24O2. The van der Waals surface area contributed by atoms with Crippen molar-refractivity contribution in [3.8, 4) is 0 Å². The molecule has 2 atom stereocenters. The van der Waals surface area contributed by atoms with E-state index in [2.05, 4.69) is 20.4 Å². The minimum absolute atomic E-state index is 0.113. The number of carbonyl (C=O) groups excluding carboxylic acids is 1. The normalized spacial score (nSPS) is 31.8. The van der Waals surface area contributed by atoms with Crippen LogP contribution < -0.4 is 0 Å². The lowest BCUT2D eigenvalue weighted by molar-refractivity contribution is -0.136. The van der Waals surface area contributed by atoms with E-state index in [0.29, 0.717) is 5.92 Å². The van der Waals surface area contributed by atoms with Gasteiger partial charge in [0.15, 0.2) is 0 Å². The number of rotatable bonds is 2. The molecule has 0 aromatic rings. The smallest absolute Gasteiger partial charge is 0.333 e. The first kappa shape index (κ1) is 13.4. The highest BCUT2D eigenvalue weighted by molar-refractivity contribution is 5.89. The molecule has 100 valence electrons. The number of carbonyl (C=O) groups is 1. The molecule has 18 heavy (non-hydrogen) atoms. The molecule has 0 aromatic heterocycles. The molecule has 0 saturated heterocycles. The molecule has 0 radical (unpaired) electrons. The molecule has 0 aromatic carbocycles. The van der Waals surface area contributed by atoms with Crippen LogP contribution in [0.3, 0.4) is 0 Å². The molecule has 2 nitrogen and oxygen atoms in total. The van der Waals surface area contributed by atoms with E-state index in [1.807, 2.05) is 0 Å². The van der Waals surface area contributed by atoms with Gasteiger partial charge in [-0.25, -0.2) is 4.79 Å². The van der Waals surface area contributed by atoms with Crippen molar-refractivity contribution in [1.82, 2.24) is 0 Å². The number of allylic oxidation sites excluding steroid dienone is 2. The molecule has 2 heteroatoms. The van der Waals surface area contributed by atoms with E-state index in [1.165, 1.54) is 37.5 Å². The summed E-state index contributed by atoms with van der Waals surface area (Å²) in [5.41, 5.74) is 3.80. The van der Waals surface area contributed by atoms with E-state index < -0.39 is 0 Å². The van der Waals surface area contributed by atoms with Crippen LogP contribution in [0.4, 0.5) is 0 Å². The van der Waals surface area contributed by atoms with Gasteiger partial charge in [0.1, 0.15) is 0 Å². The molecule has 0 aliphatic heterocycles. The van der Waals surface area contributed by atoms with Gasteiger partial charge >= 0.3 is 5.97 Å². The summed E-state index contributed by atoms with van der Waals surface area (Å²) in [5.74, 6) is 0.434. The van der Waals surface area contributed by atoms with Gasteiger partial charge in [-0.3, -0.25) is 0 Å². The third-order valence-electron chi connectivity index (χ3n) is 4.87. The molecule has 0 heterocycles. The van der Waals surface area contributed by atoms with Crippen molar-refractivity contribution in [3.05, 3.63) is 23.3 Å². The Morgan fingerprint density at radius 2 is 2.17 bits per heavy atom. The Hall–Kier alpha value is -1.05. The fourth-order valence-corrected chi connectivity index (χ4v) is 3.58. The van der Waals surface area contributed by atoms with Crippen LogP contribution in [-0.4, -0.2) is 13.1 Å². The van der Waals surface area contributed by atoms with Crippen LogP contribution in [0.2, 0.25) is 0 Å². The van der Waals surface area contributed by atoms with E-state index in [-0.39, 0.29) is 11.4 Å². The molecule has 2 aliphatic carbocycles. The van der Waals surface area contributed by atoms with Crippen molar-refractivity contribution in [2.45, 2.75) is 52.4 Å². The van der Waals surface area contributed by atoms with Crippen LogP contribution in [0.15, 0.2) is 23.3 Å². The first-order chi connectivity index (χ1) is 8.48. The van der Waals surface area contributed by atoms with E-state index in [4.69, 9.17) is 4.74 Å². The third kappa shape index (κ3) is 2.25. The summed E-state index contributed by atoms with van der Waals surface area (Å²) in [5, 5.41) is 0. The van der Waals surface area contributed by atoms with Crippen molar-refractivity contribution in [2.75, 3.05) is 7.11 Å². The average molecular weight is 248 g/mol. The highest BCUT2D eigenvalue weighted by Gasteiger charge is 2.40. The first-order valence-electron chi connectivity index (χ1n) is 6.94. The molecule has 0 bridgehead atoms. The van der Waals surface area contributed by atoms with Crippen LogP contribution in [0.1, 0.15) is 52.4 Å². The van der Waals surface area contributed by atoms with Crippen LogP contribution >= 0.6 is 0 Å². The van der Waals surface area contributed by atoms with Crippen molar-refractivity contribution < 1.29 is 9.53 Å². The van der Waals surface area contributed by atoms with Crippen molar-refractivity contribution >= 4 is 5.97 Å². The predicted molar refractivity (Wildman–Crippen MR) is 73.2 cm³/mol. The molecular weight excluding hydrogens is 224 g/mol. The molecule has 2 aliphatic rings. The van der Waals surface area contributed by atoms with Gasteiger partial charge in [0.25, 0.3) is 0 Å². The molecule has 2 rings (SSSR count). The summed E-state index contributed by atoms with van der Waals surface area (Å²) in [6.07, 6.45) is 6.62. The molecule has 0 amide bonds. The Kier molecular flexibility index (Phi) is 3.65. The monoisotopic (exact) mass is 248 g/mol. The third-order valence-corrected chi connectivity index (χ3v) is 4.87. The number of hydrogen-bond acceptors (Lipinski definition) is 2. The predicted octanol–water partition coefficient (Wildman–Crippen LogP) is 4.02. The maximum Gasteiger partial charge on any atom is 0.333 e. The first-order valence-corrected chi connectivity index (χ1v) is 6.94. The second-order valence-electron chi connectivity index (χ2n) is 6.15. The Balaban J connectivity index is 2.37. The quantitative estimate of drug-likeness (QED) is 0.545. The number of esters is 1. The van der Waals surface area contributed by atoms with Crippen molar-refractivity contribution in [1.29, 1.82) is 0 Å². The zero-order chi connectivity index (χ0) is 13.3. The second-order valence-corrected chi connectivity index (χ2v) is 6.15. The molecule has 1 fully saturated rings. The standard InChI is InChI=1S/C16H24O2/c1-11(2)12-7-9-16(3)8-5-6-13(14(16)10-12)15(17)18-4/h12H,1,5-10H2,2-4H3. The summed E-state index contributed by atoms with van der Waals surface area (Å²) in [6, 6.07) is 0. The lowest BCUT2D eigenvalue weighted by atomic mass is 9.61. The number of ether oxygens (including phenoxy) is 1. The van der Waals surface area contributed by atoms with Gasteiger partial charge in [-0.2, -0.15) is 0 Å². The highest BCUT2D eigenvalue weighted by Crippen LogP contribution is 2.52. The number of hydrogen-bond donors (Lipinski definition) is 0. The van der Waals surface area contributed by atoms with E-state index in [9.17, 15) is 4.79 Å². The minimum Gasteiger partial charge on any atom is -0.466 e. The van der Waals surface area contributed by atoms with E-state index in [1.54, 1.807) is 0 Å². The maximum atomic E-state index is 11.9. The average Bonchev–Trinajstić information content (AvgIpc) is 2.35. The van der Waals surface area contributed by atoms with Crippen LogP contribution in [-0.2, 0) is 9.53 Å². The molecule has 0 N–H and O–H groups in total. The van der Waals surface area contributed by atoms with E-state index in [0.717, 1.165) is 24.8 Å². The Morgan fingerprint density at radius 1 is 1.44 bits per heavy atom. The second kappa shape index (κ2) is 4.91. The summed E-state index contributed by atoms with van der Waals surface area (Å²) < 4.78 is 4.96. The summed E-state index contributed by atoms with van der Waals surface area (Å²) in [6.45, 7) is 8.51. The van der Waals surface area contributed by atoms with Gasteiger partial charge in [-0.15, -0.1) is 0 Å². The minimum atomic E-state index is -0.113. The van der Waals surface area contributed by atoms with Crippen molar-refractivity contribution in [3.63, 3.8) is 0 Å². The highest BCUT2D eigenvalue weighted by atomic mass is 16.5. The van der Waals surface area contributed by atoms with Crippen LogP contribution in [0, 0.1) is 11.3 Å². The summed E-state index contributed by atoms with van der Waals surface area (Å²) in [7, 11) is 1.49. The molecule has 2 unspecified atom stereocenters. The Bertz CT molecular complexity index is 405. The van der Waals surface area contributed by atoms with Gasteiger partial charge in [0.2, 0.25) is 0 Å². The summed E-state index contributed by atoms with van der Waals surface area (Å²) >= 11 is 0. The lowest BCUT2D eigenvalue weighted by Gasteiger charge is -2.44. The summed E-state index contributed by atoms with van der Waals surface area (Å²) in [4.78, 5) is 11.9. The van der Waals surface area contributed by atoms with Crippen LogP contribution in [0.5, 0.6) is 0 Å². The fourth-order valence-electron chi connectivity index (χ4n) is 3.58. The maximum absolute atomic E-state index is 11.9.